The smallest absolute Gasteiger partial charge is 0.265 e. The van der Waals surface area contributed by atoms with E-state index in [0.29, 0.717) is 17.8 Å². The Kier molecular flexibility index (Phi) is 4.46. The van der Waals surface area contributed by atoms with Crippen LogP contribution in [0, 0.1) is 0 Å². The second kappa shape index (κ2) is 6.29. The van der Waals surface area contributed by atoms with Gasteiger partial charge in [-0.2, -0.15) is 0 Å². The molecule has 19 heavy (non-hydrogen) atoms. The van der Waals surface area contributed by atoms with Gasteiger partial charge in [-0.25, -0.2) is 0 Å². The molecule has 1 heterocycles. The number of benzene rings is 1. The zero-order valence-corrected chi connectivity index (χ0v) is 11.7. The molecule has 0 atom stereocenters. The predicted octanol–water partition coefficient (Wildman–Crippen LogP) is 2.04. The van der Waals surface area contributed by atoms with E-state index in [1.807, 2.05) is 31.2 Å². The Hall–Kier alpha value is -1.95. The van der Waals surface area contributed by atoms with Crippen molar-refractivity contribution in [2.24, 2.45) is 0 Å². The number of hydrogen-bond donors (Lipinski definition) is 1. The molecule has 1 N–H and O–H groups in total. The Labute approximate surface area is 115 Å². The van der Waals surface area contributed by atoms with Gasteiger partial charge in [0, 0.05) is 6.54 Å². The van der Waals surface area contributed by atoms with Crippen molar-refractivity contribution in [2.45, 2.75) is 19.9 Å². The molecule has 2 aromatic rings. The lowest BCUT2D eigenvalue weighted by Gasteiger charge is -2.05. The summed E-state index contributed by atoms with van der Waals surface area (Å²) in [5.41, 5.74) is 1.77. The Balaban J connectivity index is 1.96. The minimum absolute atomic E-state index is 0.123. The number of aryl methyl sites for hydroxylation is 1. The van der Waals surface area contributed by atoms with Crippen LogP contribution in [0.4, 0.5) is 0 Å². The second-order valence-corrected chi connectivity index (χ2v) is 4.69. The SMILES string of the molecule is CCc1nnsc1C(=O)NCc1ccc(OC)cc1. The molecule has 0 bridgehead atoms. The number of nitrogens with one attached hydrogen (secondary N) is 1. The van der Waals surface area contributed by atoms with E-state index >= 15 is 0 Å². The molecule has 1 amide bonds. The van der Waals surface area contributed by atoms with Crippen molar-refractivity contribution in [1.29, 1.82) is 0 Å². The average molecular weight is 277 g/mol. The first-order valence-electron chi connectivity index (χ1n) is 5.97. The third-order valence-corrected chi connectivity index (χ3v) is 3.48. The van der Waals surface area contributed by atoms with Crippen LogP contribution >= 0.6 is 11.5 Å². The van der Waals surface area contributed by atoms with E-state index < -0.39 is 0 Å². The Morgan fingerprint density at radius 3 is 2.74 bits per heavy atom. The van der Waals surface area contributed by atoms with Gasteiger partial charge in [-0.1, -0.05) is 23.5 Å². The first kappa shape index (κ1) is 13.5. The van der Waals surface area contributed by atoms with Crippen molar-refractivity contribution < 1.29 is 9.53 Å². The largest absolute Gasteiger partial charge is 0.497 e. The summed E-state index contributed by atoms with van der Waals surface area (Å²) in [5.74, 6) is 0.678. The lowest BCUT2D eigenvalue weighted by molar-refractivity contribution is 0.0954. The van der Waals surface area contributed by atoms with Crippen LogP contribution in [-0.4, -0.2) is 22.6 Å². The highest BCUT2D eigenvalue weighted by atomic mass is 32.1. The molecule has 0 saturated heterocycles. The van der Waals surface area contributed by atoms with Crippen molar-refractivity contribution in [3.05, 3.63) is 40.4 Å². The molecule has 2 rings (SSSR count). The molecule has 0 radical (unpaired) electrons. The van der Waals surface area contributed by atoms with E-state index in [9.17, 15) is 4.79 Å². The number of aromatic nitrogens is 2. The molecule has 100 valence electrons. The molecule has 1 aromatic carbocycles. The van der Waals surface area contributed by atoms with Gasteiger partial charge in [-0.3, -0.25) is 4.79 Å². The molecule has 0 spiro atoms. The molecule has 0 aliphatic rings. The molecule has 0 aliphatic heterocycles. The molecule has 0 unspecified atom stereocenters. The van der Waals surface area contributed by atoms with Gasteiger partial charge in [0.1, 0.15) is 10.6 Å². The van der Waals surface area contributed by atoms with Gasteiger partial charge in [0.05, 0.1) is 12.8 Å². The molecule has 6 heteroatoms. The van der Waals surface area contributed by atoms with E-state index in [0.717, 1.165) is 28.5 Å². The highest BCUT2D eigenvalue weighted by molar-refractivity contribution is 7.08. The molecule has 0 fully saturated rings. The third kappa shape index (κ3) is 3.29. The van der Waals surface area contributed by atoms with Crippen LogP contribution in [0.3, 0.4) is 0 Å². The highest BCUT2D eigenvalue weighted by Crippen LogP contribution is 2.13. The molecule has 5 nitrogen and oxygen atoms in total. The van der Waals surface area contributed by atoms with Crippen LogP contribution < -0.4 is 10.1 Å². The number of rotatable bonds is 5. The molecular weight excluding hydrogens is 262 g/mol. The van der Waals surface area contributed by atoms with Crippen molar-refractivity contribution >= 4 is 17.4 Å². The highest BCUT2D eigenvalue weighted by Gasteiger charge is 2.14. The van der Waals surface area contributed by atoms with E-state index in [4.69, 9.17) is 4.74 Å². The van der Waals surface area contributed by atoms with Crippen LogP contribution in [0.25, 0.3) is 0 Å². The van der Waals surface area contributed by atoms with E-state index in [-0.39, 0.29) is 5.91 Å². The minimum atomic E-state index is -0.123. The molecule has 0 aliphatic carbocycles. The third-order valence-electron chi connectivity index (χ3n) is 2.71. The van der Waals surface area contributed by atoms with Gasteiger partial charge in [-0.15, -0.1) is 5.10 Å². The first-order chi connectivity index (χ1) is 9.24. The summed E-state index contributed by atoms with van der Waals surface area (Å²) >= 11 is 1.13. The standard InChI is InChI=1S/C13H15N3O2S/c1-3-11-12(19-16-15-11)13(17)14-8-9-4-6-10(18-2)7-5-9/h4-7H,3,8H2,1-2H3,(H,14,17). The van der Waals surface area contributed by atoms with Crippen molar-refractivity contribution in [2.75, 3.05) is 7.11 Å². The number of hydrogen-bond acceptors (Lipinski definition) is 5. The lowest BCUT2D eigenvalue weighted by Crippen LogP contribution is -2.22. The van der Waals surface area contributed by atoms with Gasteiger partial charge in [0.2, 0.25) is 0 Å². The quantitative estimate of drug-likeness (QED) is 0.908. The van der Waals surface area contributed by atoms with E-state index in [2.05, 4.69) is 14.9 Å². The van der Waals surface area contributed by atoms with Gasteiger partial charge in [-0.05, 0) is 35.6 Å². The maximum Gasteiger partial charge on any atom is 0.265 e. The van der Waals surface area contributed by atoms with Crippen molar-refractivity contribution in [3.63, 3.8) is 0 Å². The summed E-state index contributed by atoms with van der Waals surface area (Å²) in [6, 6.07) is 7.58. The number of carbonyl (C=O) groups is 1. The number of nitrogens with zero attached hydrogens (tertiary/aromatic N) is 2. The van der Waals surface area contributed by atoms with Crippen LogP contribution in [0.1, 0.15) is 27.9 Å². The van der Waals surface area contributed by atoms with Crippen molar-refractivity contribution in [3.8, 4) is 5.75 Å². The number of carbonyl (C=O) groups excluding carboxylic acids is 1. The fraction of sp³-hybridized carbons (Fsp3) is 0.308. The zero-order valence-electron chi connectivity index (χ0n) is 10.8. The summed E-state index contributed by atoms with van der Waals surface area (Å²) in [4.78, 5) is 12.6. The van der Waals surface area contributed by atoms with Gasteiger partial charge in [0.25, 0.3) is 5.91 Å². The lowest BCUT2D eigenvalue weighted by atomic mass is 10.2. The summed E-state index contributed by atoms with van der Waals surface area (Å²) < 4.78 is 8.89. The van der Waals surface area contributed by atoms with Gasteiger partial charge < -0.3 is 10.1 Å². The predicted molar refractivity (Wildman–Crippen MR) is 73.5 cm³/mol. The maximum absolute atomic E-state index is 12.0. The number of ether oxygens (including phenoxy) is 1. The summed E-state index contributed by atoms with van der Waals surface area (Å²) in [6.07, 6.45) is 0.710. The Bertz CT molecular complexity index is 551. The fourth-order valence-electron chi connectivity index (χ4n) is 1.62. The Morgan fingerprint density at radius 1 is 1.37 bits per heavy atom. The van der Waals surface area contributed by atoms with Crippen LogP contribution in [0.15, 0.2) is 24.3 Å². The number of amides is 1. The number of methoxy groups -OCH3 is 1. The van der Waals surface area contributed by atoms with Gasteiger partial charge in [0.15, 0.2) is 0 Å². The van der Waals surface area contributed by atoms with Crippen LogP contribution in [-0.2, 0) is 13.0 Å². The molecule has 0 saturated carbocycles. The zero-order chi connectivity index (χ0) is 13.7. The summed E-state index contributed by atoms with van der Waals surface area (Å²) in [6.45, 7) is 2.43. The van der Waals surface area contributed by atoms with Crippen LogP contribution in [0.2, 0.25) is 0 Å². The van der Waals surface area contributed by atoms with Gasteiger partial charge >= 0.3 is 0 Å². The van der Waals surface area contributed by atoms with Crippen molar-refractivity contribution in [1.82, 2.24) is 14.9 Å². The average Bonchev–Trinajstić information content (AvgIpc) is 2.93. The molecule has 1 aromatic heterocycles. The minimum Gasteiger partial charge on any atom is -0.497 e. The fourth-order valence-corrected chi connectivity index (χ4v) is 2.29. The second-order valence-electron chi connectivity index (χ2n) is 3.93. The van der Waals surface area contributed by atoms with E-state index in [1.165, 1.54) is 0 Å². The maximum atomic E-state index is 12.0. The normalized spacial score (nSPS) is 10.2. The monoisotopic (exact) mass is 277 g/mol. The summed E-state index contributed by atoms with van der Waals surface area (Å²) in [7, 11) is 1.62. The Morgan fingerprint density at radius 2 is 2.11 bits per heavy atom. The first-order valence-corrected chi connectivity index (χ1v) is 6.74. The van der Waals surface area contributed by atoms with E-state index in [1.54, 1.807) is 7.11 Å². The topological polar surface area (TPSA) is 64.1 Å². The van der Waals surface area contributed by atoms with Crippen LogP contribution in [0.5, 0.6) is 5.75 Å². The molecular formula is C13H15N3O2S. The summed E-state index contributed by atoms with van der Waals surface area (Å²) in [5, 5.41) is 6.79.